The van der Waals surface area contributed by atoms with Crippen LogP contribution in [0.5, 0.6) is 0 Å². The molecule has 1 heterocycles. The van der Waals surface area contributed by atoms with Crippen LogP contribution >= 0.6 is 11.8 Å². The Labute approximate surface area is 108 Å². The van der Waals surface area contributed by atoms with Crippen molar-refractivity contribution in [2.75, 3.05) is 18.2 Å². The second kappa shape index (κ2) is 4.99. The average Bonchev–Trinajstić information content (AvgIpc) is 2.35. The van der Waals surface area contributed by atoms with Gasteiger partial charge in [0.1, 0.15) is 4.90 Å². The van der Waals surface area contributed by atoms with Crippen molar-refractivity contribution in [3.63, 3.8) is 0 Å². The van der Waals surface area contributed by atoms with Crippen molar-refractivity contribution in [3.8, 4) is 0 Å². The molecule has 0 saturated heterocycles. The Hall–Kier alpha value is -1.54. The molecule has 6 nitrogen and oxygen atoms in total. The Bertz CT molecular complexity index is 610. The minimum Gasteiger partial charge on any atom is -0.468 e. The highest BCUT2D eigenvalue weighted by molar-refractivity contribution is 8.15. The zero-order valence-corrected chi connectivity index (χ0v) is 11.0. The van der Waals surface area contributed by atoms with Crippen molar-refractivity contribution in [3.05, 3.63) is 24.3 Å². The van der Waals surface area contributed by atoms with Crippen LogP contribution < -0.4 is 5.32 Å². The highest BCUT2D eigenvalue weighted by Gasteiger charge is 2.24. The number of esters is 1. The van der Waals surface area contributed by atoms with Gasteiger partial charge in [-0.15, -0.1) is 4.40 Å². The molecular formula is C10H10N2O4S2. The number of methoxy groups -OCH3 is 1. The summed E-state index contributed by atoms with van der Waals surface area (Å²) in [6, 6.07) is 6.46. The highest BCUT2D eigenvalue weighted by atomic mass is 32.2. The van der Waals surface area contributed by atoms with Crippen LogP contribution in [0.25, 0.3) is 0 Å². The van der Waals surface area contributed by atoms with Crippen molar-refractivity contribution in [2.45, 2.75) is 4.90 Å². The number of hydrogen-bond donors (Lipinski definition) is 1. The Balaban J connectivity index is 2.23. The Kier molecular flexibility index (Phi) is 3.58. The van der Waals surface area contributed by atoms with Gasteiger partial charge < -0.3 is 10.1 Å². The monoisotopic (exact) mass is 286 g/mol. The van der Waals surface area contributed by atoms with Gasteiger partial charge in [-0.25, -0.2) is 0 Å². The van der Waals surface area contributed by atoms with Crippen LogP contribution in [0.1, 0.15) is 0 Å². The van der Waals surface area contributed by atoms with Crippen molar-refractivity contribution < 1.29 is 17.9 Å². The number of ether oxygens (including phenoxy) is 1. The van der Waals surface area contributed by atoms with Gasteiger partial charge in [-0.2, -0.15) is 8.42 Å². The number of thioether (sulfide) groups is 1. The summed E-state index contributed by atoms with van der Waals surface area (Å²) in [7, 11) is -2.42. The van der Waals surface area contributed by atoms with Crippen LogP contribution in [-0.2, 0) is 19.6 Å². The number of fused-ring (bicyclic) bond motifs is 1. The fourth-order valence-corrected chi connectivity index (χ4v) is 3.41. The molecule has 1 aromatic carbocycles. The van der Waals surface area contributed by atoms with Gasteiger partial charge in [-0.1, -0.05) is 23.9 Å². The van der Waals surface area contributed by atoms with E-state index in [0.717, 1.165) is 11.8 Å². The third kappa shape index (κ3) is 2.65. The first kappa shape index (κ1) is 12.9. The molecule has 18 heavy (non-hydrogen) atoms. The summed E-state index contributed by atoms with van der Waals surface area (Å²) in [5.41, 5.74) is 0.458. The molecule has 0 aromatic heterocycles. The SMILES string of the molecule is COC(=O)CSC1=NS(=O)(=O)c2ccccc2N1. The summed E-state index contributed by atoms with van der Waals surface area (Å²) in [5.74, 6) is -0.444. The van der Waals surface area contributed by atoms with Crippen LogP contribution in [0.4, 0.5) is 5.69 Å². The van der Waals surface area contributed by atoms with Crippen molar-refractivity contribution >= 4 is 38.6 Å². The topological polar surface area (TPSA) is 84.8 Å². The quantitative estimate of drug-likeness (QED) is 0.818. The molecule has 1 N–H and O–H groups in total. The number of sulfonamides is 1. The summed E-state index contributed by atoms with van der Waals surface area (Å²) in [6.45, 7) is 0. The normalized spacial score (nSPS) is 16.2. The lowest BCUT2D eigenvalue weighted by Crippen LogP contribution is -2.20. The van der Waals surface area contributed by atoms with Crippen molar-refractivity contribution in [2.24, 2.45) is 4.40 Å². The highest BCUT2D eigenvalue weighted by Crippen LogP contribution is 2.28. The molecule has 0 spiro atoms. The molecule has 0 saturated carbocycles. The summed E-state index contributed by atoms with van der Waals surface area (Å²) in [5, 5.41) is 3.02. The minimum atomic E-state index is -3.69. The van der Waals surface area contributed by atoms with Gasteiger partial charge >= 0.3 is 5.97 Å². The third-order valence-corrected chi connectivity index (χ3v) is 4.46. The fraction of sp³-hybridized carbons (Fsp3) is 0.200. The van der Waals surface area contributed by atoms with E-state index in [-0.39, 0.29) is 15.8 Å². The lowest BCUT2D eigenvalue weighted by atomic mass is 10.3. The molecule has 0 bridgehead atoms. The third-order valence-electron chi connectivity index (χ3n) is 2.16. The molecule has 8 heteroatoms. The van der Waals surface area contributed by atoms with E-state index in [1.807, 2.05) is 0 Å². The van der Waals surface area contributed by atoms with E-state index in [1.54, 1.807) is 18.2 Å². The van der Waals surface area contributed by atoms with E-state index < -0.39 is 16.0 Å². The fourth-order valence-electron chi connectivity index (χ4n) is 1.34. The first-order chi connectivity index (χ1) is 8.53. The summed E-state index contributed by atoms with van der Waals surface area (Å²) in [4.78, 5) is 11.1. The van der Waals surface area contributed by atoms with Gasteiger partial charge in [-0.3, -0.25) is 4.79 Å². The van der Waals surface area contributed by atoms with E-state index in [4.69, 9.17) is 0 Å². The number of hydrogen-bond acceptors (Lipinski definition) is 6. The van der Waals surface area contributed by atoms with E-state index in [1.165, 1.54) is 13.2 Å². The maximum atomic E-state index is 11.8. The standard InChI is InChI=1S/C10H10N2O4S2/c1-16-9(13)6-17-10-11-7-4-2-3-5-8(7)18(14,15)12-10/h2-5H,6H2,1H3,(H,11,12). The number of rotatable bonds is 2. The Morgan fingerprint density at radius 3 is 2.89 bits per heavy atom. The number of para-hydroxylation sites is 1. The number of carbonyl (C=O) groups is 1. The molecule has 0 fully saturated rings. The Morgan fingerprint density at radius 1 is 1.44 bits per heavy atom. The van der Waals surface area contributed by atoms with E-state index in [9.17, 15) is 13.2 Å². The molecular weight excluding hydrogens is 276 g/mol. The molecule has 2 rings (SSSR count). The molecule has 0 unspecified atom stereocenters. The molecule has 1 aromatic rings. The van der Waals surface area contributed by atoms with Gasteiger partial charge in [0, 0.05) is 0 Å². The van der Waals surface area contributed by atoms with Gasteiger partial charge in [-0.05, 0) is 12.1 Å². The predicted octanol–water partition coefficient (Wildman–Crippen LogP) is 1.06. The van der Waals surface area contributed by atoms with Crippen molar-refractivity contribution in [1.82, 2.24) is 0 Å². The minimum absolute atomic E-state index is 0.0000201. The molecule has 0 atom stereocenters. The van der Waals surface area contributed by atoms with Crippen molar-refractivity contribution in [1.29, 1.82) is 0 Å². The van der Waals surface area contributed by atoms with E-state index in [2.05, 4.69) is 14.5 Å². The van der Waals surface area contributed by atoms with Gasteiger partial charge in [0.25, 0.3) is 10.0 Å². The number of carbonyl (C=O) groups excluding carboxylic acids is 1. The van der Waals surface area contributed by atoms with Crippen LogP contribution in [0.15, 0.2) is 33.6 Å². The first-order valence-corrected chi connectivity index (χ1v) is 7.36. The zero-order valence-electron chi connectivity index (χ0n) is 9.41. The zero-order chi connectivity index (χ0) is 13.2. The predicted molar refractivity (Wildman–Crippen MR) is 69.2 cm³/mol. The van der Waals surface area contributed by atoms with Gasteiger partial charge in [0.15, 0.2) is 5.17 Å². The van der Waals surface area contributed by atoms with Gasteiger partial charge in [0.2, 0.25) is 0 Å². The molecule has 1 aliphatic heterocycles. The number of anilines is 1. The lowest BCUT2D eigenvalue weighted by molar-refractivity contribution is -0.137. The van der Waals surface area contributed by atoms with Crippen LogP contribution in [0.3, 0.4) is 0 Å². The first-order valence-electron chi connectivity index (χ1n) is 4.93. The van der Waals surface area contributed by atoms with E-state index in [0.29, 0.717) is 5.69 Å². The number of nitrogens with zero attached hydrogens (tertiary/aromatic N) is 1. The second-order valence-electron chi connectivity index (χ2n) is 3.36. The van der Waals surface area contributed by atoms with E-state index >= 15 is 0 Å². The average molecular weight is 286 g/mol. The molecule has 1 aliphatic rings. The summed E-state index contributed by atoms with van der Waals surface area (Å²) >= 11 is 0.981. The number of nitrogens with one attached hydrogen (secondary N) is 1. The molecule has 0 radical (unpaired) electrons. The maximum Gasteiger partial charge on any atom is 0.316 e. The molecule has 96 valence electrons. The smallest absolute Gasteiger partial charge is 0.316 e. The molecule has 0 aliphatic carbocycles. The second-order valence-corrected chi connectivity index (χ2v) is 5.89. The maximum absolute atomic E-state index is 11.8. The van der Waals surface area contributed by atoms with Gasteiger partial charge in [0.05, 0.1) is 18.6 Å². The lowest BCUT2D eigenvalue weighted by Gasteiger charge is -2.16. The van der Waals surface area contributed by atoms with Crippen LogP contribution in [0.2, 0.25) is 0 Å². The number of amidine groups is 1. The number of benzene rings is 1. The Morgan fingerprint density at radius 2 is 2.17 bits per heavy atom. The largest absolute Gasteiger partial charge is 0.468 e. The summed E-state index contributed by atoms with van der Waals surface area (Å²) in [6.07, 6.45) is 0. The van der Waals surface area contributed by atoms with Crippen LogP contribution in [0, 0.1) is 0 Å². The summed E-state index contributed by atoms with van der Waals surface area (Å²) < 4.78 is 31.7. The molecule has 0 amide bonds. The van der Waals surface area contributed by atoms with Crippen LogP contribution in [-0.4, -0.2) is 32.4 Å².